The van der Waals surface area contributed by atoms with Crippen LogP contribution in [0.4, 0.5) is 14.6 Å². The number of ether oxygens (including phenoxy) is 2. The molecule has 7 heterocycles. The van der Waals surface area contributed by atoms with Gasteiger partial charge >= 0.3 is 6.01 Å². The first-order valence-electron chi connectivity index (χ1n) is 15.3. The number of phenols is 1. The molecule has 0 unspecified atom stereocenters. The lowest BCUT2D eigenvalue weighted by Gasteiger charge is -2.40. The first kappa shape index (κ1) is 25.6. The molecule has 222 valence electrons. The molecule has 0 spiro atoms. The minimum absolute atomic E-state index is 0.0107. The molecule has 0 amide bonds. The molecule has 2 N–H and O–H groups in total. The van der Waals surface area contributed by atoms with E-state index < -0.39 is 12.0 Å². The van der Waals surface area contributed by atoms with Gasteiger partial charge in [0.15, 0.2) is 0 Å². The van der Waals surface area contributed by atoms with Crippen molar-refractivity contribution in [2.45, 2.75) is 61.9 Å². The van der Waals surface area contributed by atoms with Crippen LogP contribution < -0.4 is 19.7 Å². The van der Waals surface area contributed by atoms with E-state index in [1.807, 2.05) is 0 Å². The fraction of sp³-hybridized carbons (Fsp3) is 0.469. The van der Waals surface area contributed by atoms with Gasteiger partial charge in [0, 0.05) is 42.5 Å². The quantitative estimate of drug-likeness (QED) is 0.362. The van der Waals surface area contributed by atoms with Crippen LogP contribution in [0.3, 0.4) is 0 Å². The van der Waals surface area contributed by atoms with Crippen molar-refractivity contribution < 1.29 is 23.4 Å². The molecule has 5 aliphatic heterocycles. The van der Waals surface area contributed by atoms with Crippen molar-refractivity contribution in [1.29, 1.82) is 0 Å². The Morgan fingerprint density at radius 2 is 2.05 bits per heavy atom. The van der Waals surface area contributed by atoms with E-state index in [4.69, 9.17) is 24.4 Å². The summed E-state index contributed by atoms with van der Waals surface area (Å²) in [5.41, 5.74) is 1.11. The van der Waals surface area contributed by atoms with Crippen LogP contribution in [-0.4, -0.2) is 87.6 Å². The molecule has 2 bridgehead atoms. The largest absolute Gasteiger partial charge is 0.508 e. The van der Waals surface area contributed by atoms with Crippen molar-refractivity contribution in [3.05, 3.63) is 42.2 Å². The van der Waals surface area contributed by atoms with E-state index in [9.17, 15) is 9.50 Å². The predicted molar refractivity (Wildman–Crippen MR) is 157 cm³/mol. The fourth-order valence-corrected chi connectivity index (χ4v) is 8.31. The molecular formula is C32H32F2N6O3. The van der Waals surface area contributed by atoms with Crippen LogP contribution in [0.15, 0.2) is 36.4 Å². The van der Waals surface area contributed by atoms with Gasteiger partial charge in [0.05, 0.1) is 22.8 Å². The number of piperazine rings is 1. The number of hydrogen-bond donors (Lipinski definition) is 2. The summed E-state index contributed by atoms with van der Waals surface area (Å²) in [5, 5.41) is 15.9. The van der Waals surface area contributed by atoms with Crippen LogP contribution in [0.2, 0.25) is 0 Å². The van der Waals surface area contributed by atoms with E-state index in [0.29, 0.717) is 71.0 Å². The van der Waals surface area contributed by atoms with Crippen molar-refractivity contribution in [3.8, 4) is 28.9 Å². The molecule has 4 saturated heterocycles. The zero-order chi connectivity index (χ0) is 28.9. The number of pyridine rings is 1. The maximum Gasteiger partial charge on any atom is 0.319 e. The SMILES string of the molecule is Oc1cc(-c2cc3nc(OC[C@]45CCCN4C[C@H](F)C5)nc4c3c(n2)OC[C@H]2[C@@H]3CC[C@H](CN42)N3)c2c(F)cccc2c1. The van der Waals surface area contributed by atoms with E-state index in [1.54, 1.807) is 18.2 Å². The number of aromatic nitrogens is 3. The number of alkyl halides is 1. The third-order valence-corrected chi connectivity index (χ3v) is 10.2. The van der Waals surface area contributed by atoms with Gasteiger partial charge in [0.25, 0.3) is 0 Å². The average Bonchev–Trinajstić information content (AvgIpc) is 3.62. The van der Waals surface area contributed by atoms with Gasteiger partial charge in [0.1, 0.15) is 42.2 Å². The molecule has 0 radical (unpaired) electrons. The van der Waals surface area contributed by atoms with Crippen LogP contribution in [0.1, 0.15) is 32.1 Å². The van der Waals surface area contributed by atoms with Crippen molar-refractivity contribution in [2.75, 3.05) is 37.7 Å². The van der Waals surface area contributed by atoms with Gasteiger partial charge in [0.2, 0.25) is 5.88 Å². The Hall–Kier alpha value is -3.83. The van der Waals surface area contributed by atoms with Crippen molar-refractivity contribution in [1.82, 2.24) is 25.2 Å². The van der Waals surface area contributed by atoms with E-state index >= 15 is 4.39 Å². The van der Waals surface area contributed by atoms with Gasteiger partial charge in [-0.05, 0) is 61.9 Å². The van der Waals surface area contributed by atoms with Gasteiger partial charge < -0.3 is 24.8 Å². The van der Waals surface area contributed by atoms with Crippen LogP contribution in [0.5, 0.6) is 17.6 Å². The highest BCUT2D eigenvalue weighted by atomic mass is 19.1. The summed E-state index contributed by atoms with van der Waals surface area (Å²) >= 11 is 0. The van der Waals surface area contributed by atoms with E-state index in [-0.39, 0.29) is 29.4 Å². The second kappa shape index (κ2) is 9.33. The van der Waals surface area contributed by atoms with Crippen molar-refractivity contribution in [2.24, 2.45) is 0 Å². The topological polar surface area (TPSA) is 95.9 Å². The first-order valence-corrected chi connectivity index (χ1v) is 15.3. The maximum absolute atomic E-state index is 15.2. The summed E-state index contributed by atoms with van der Waals surface area (Å²) in [6, 6.07) is 10.5. The zero-order valence-corrected chi connectivity index (χ0v) is 23.6. The summed E-state index contributed by atoms with van der Waals surface area (Å²) in [4.78, 5) is 19.2. The number of nitrogens with one attached hydrogen (secondary N) is 1. The number of nitrogens with zero attached hydrogens (tertiary/aromatic N) is 5. The first-order chi connectivity index (χ1) is 20.9. The number of fused-ring (bicyclic) bond motifs is 7. The Morgan fingerprint density at radius 3 is 2.98 bits per heavy atom. The van der Waals surface area contributed by atoms with Gasteiger partial charge in [-0.15, -0.1) is 0 Å². The van der Waals surface area contributed by atoms with Crippen LogP contribution in [0.25, 0.3) is 32.9 Å². The van der Waals surface area contributed by atoms with Crippen molar-refractivity contribution in [3.63, 3.8) is 0 Å². The second-order valence-electron chi connectivity index (χ2n) is 12.8. The molecule has 0 aliphatic carbocycles. The van der Waals surface area contributed by atoms with Crippen molar-refractivity contribution >= 4 is 27.5 Å². The Bertz CT molecular complexity index is 1790. The minimum Gasteiger partial charge on any atom is -0.508 e. The second-order valence-corrected chi connectivity index (χ2v) is 12.8. The van der Waals surface area contributed by atoms with Gasteiger partial charge in [-0.2, -0.15) is 9.97 Å². The molecule has 4 aromatic rings. The lowest BCUT2D eigenvalue weighted by atomic mass is 9.95. The third-order valence-electron chi connectivity index (χ3n) is 10.2. The predicted octanol–water partition coefficient (Wildman–Crippen LogP) is 4.35. The normalized spacial score (nSPS) is 29.5. The number of benzene rings is 2. The number of anilines is 1. The average molecular weight is 587 g/mol. The molecular weight excluding hydrogens is 554 g/mol. The lowest BCUT2D eigenvalue weighted by Crippen LogP contribution is -2.60. The lowest BCUT2D eigenvalue weighted by molar-refractivity contribution is 0.107. The molecule has 2 aromatic carbocycles. The molecule has 11 heteroatoms. The van der Waals surface area contributed by atoms with Crippen LogP contribution >= 0.6 is 0 Å². The molecule has 5 atom stereocenters. The zero-order valence-electron chi connectivity index (χ0n) is 23.6. The molecule has 9 rings (SSSR count). The molecule has 9 nitrogen and oxygen atoms in total. The van der Waals surface area contributed by atoms with Crippen LogP contribution in [0, 0.1) is 5.82 Å². The maximum atomic E-state index is 15.2. The highest BCUT2D eigenvalue weighted by molar-refractivity contribution is 6.01. The Balaban J connectivity index is 1.20. The molecule has 5 aliphatic rings. The van der Waals surface area contributed by atoms with E-state index in [0.717, 1.165) is 44.6 Å². The number of aromatic hydroxyl groups is 1. The standard InChI is InChI=1S/C32H32F2N6O3/c33-18-12-32(7-2-8-39(32)13-18)16-43-31-37-25-11-24(21-10-20(41)9-17-3-1-4-22(34)27(17)21)36-30-28(25)29(38-31)40-14-19-5-6-23(35-19)26(40)15-42-30/h1,3-4,9-11,18-19,23,26,35,41H,2,5-8,12-16H2/t18-,19-,23+,26+,32-/m1/s1. The van der Waals surface area contributed by atoms with E-state index in [1.165, 1.54) is 18.2 Å². The smallest absolute Gasteiger partial charge is 0.319 e. The Labute approximate surface area is 246 Å². The number of hydrogen-bond acceptors (Lipinski definition) is 9. The molecule has 2 aromatic heterocycles. The molecule has 43 heavy (non-hydrogen) atoms. The Morgan fingerprint density at radius 1 is 1.12 bits per heavy atom. The third kappa shape index (κ3) is 3.97. The van der Waals surface area contributed by atoms with Gasteiger partial charge in [-0.3, -0.25) is 4.90 Å². The number of halogens is 2. The van der Waals surface area contributed by atoms with Crippen LogP contribution in [-0.2, 0) is 0 Å². The Kier molecular flexibility index (Phi) is 5.57. The number of phenolic OH excluding ortho intramolecular Hbond substituents is 1. The summed E-state index contributed by atoms with van der Waals surface area (Å²) in [7, 11) is 0. The summed E-state index contributed by atoms with van der Waals surface area (Å²) in [5.74, 6) is 0.702. The van der Waals surface area contributed by atoms with Gasteiger partial charge in [-0.1, -0.05) is 12.1 Å². The number of rotatable bonds is 4. The molecule has 0 saturated carbocycles. The highest BCUT2D eigenvalue weighted by Gasteiger charge is 2.49. The molecule has 4 fully saturated rings. The fourth-order valence-electron chi connectivity index (χ4n) is 8.31. The summed E-state index contributed by atoms with van der Waals surface area (Å²) < 4.78 is 42.4. The summed E-state index contributed by atoms with van der Waals surface area (Å²) in [6.45, 7) is 2.83. The monoisotopic (exact) mass is 586 g/mol. The summed E-state index contributed by atoms with van der Waals surface area (Å²) in [6.07, 6.45) is 3.67. The highest BCUT2D eigenvalue weighted by Crippen LogP contribution is 2.44. The van der Waals surface area contributed by atoms with E-state index in [2.05, 4.69) is 15.1 Å². The van der Waals surface area contributed by atoms with Gasteiger partial charge in [-0.25, -0.2) is 13.8 Å². The minimum atomic E-state index is -0.853.